The molecule has 1 aromatic rings. The molecule has 0 spiro atoms. The maximum absolute atomic E-state index is 12.2. The van der Waals surface area contributed by atoms with E-state index in [1.165, 1.54) is 0 Å². The Labute approximate surface area is 123 Å². The van der Waals surface area contributed by atoms with Crippen LogP contribution >= 0.6 is 0 Å². The minimum absolute atomic E-state index is 0.0791. The Morgan fingerprint density at radius 1 is 1.38 bits per heavy atom. The molecule has 0 saturated carbocycles. The molecule has 6 nitrogen and oxygen atoms in total. The monoisotopic (exact) mass is 292 g/mol. The first-order valence-electron chi connectivity index (χ1n) is 7.27. The average Bonchev–Trinajstić information content (AvgIpc) is 2.84. The van der Waals surface area contributed by atoms with Crippen molar-refractivity contribution in [2.75, 3.05) is 33.0 Å². The Morgan fingerprint density at radius 2 is 2.24 bits per heavy atom. The molecule has 1 fully saturated rings. The number of fused-ring (bicyclic) bond motifs is 1. The van der Waals surface area contributed by atoms with Gasteiger partial charge in [-0.05, 0) is 24.1 Å². The van der Waals surface area contributed by atoms with Crippen molar-refractivity contribution in [3.05, 3.63) is 23.8 Å². The van der Waals surface area contributed by atoms with Crippen LogP contribution in [0.4, 0.5) is 0 Å². The van der Waals surface area contributed by atoms with Crippen LogP contribution in [0.3, 0.4) is 0 Å². The zero-order chi connectivity index (χ0) is 14.7. The summed E-state index contributed by atoms with van der Waals surface area (Å²) in [5.41, 5.74) is 1.06. The van der Waals surface area contributed by atoms with Crippen LogP contribution in [0, 0.1) is 0 Å². The highest BCUT2D eigenvalue weighted by atomic mass is 16.7. The molecule has 0 aromatic heterocycles. The number of ether oxygens (including phenoxy) is 2. The number of carbonyl (C=O) groups excluding carboxylic acids is 1. The molecule has 114 valence electrons. The van der Waals surface area contributed by atoms with Gasteiger partial charge in [-0.25, -0.2) is 0 Å². The van der Waals surface area contributed by atoms with Gasteiger partial charge < -0.3 is 24.8 Å². The molecule has 1 saturated heterocycles. The molecule has 2 aliphatic rings. The van der Waals surface area contributed by atoms with E-state index in [-0.39, 0.29) is 12.7 Å². The Bertz CT molecular complexity index is 520. The van der Waals surface area contributed by atoms with Crippen molar-refractivity contribution in [3.63, 3.8) is 0 Å². The molecular formula is C15H20N2O4. The van der Waals surface area contributed by atoms with Crippen molar-refractivity contribution >= 4 is 5.91 Å². The smallest absolute Gasteiger partial charge is 0.231 e. The van der Waals surface area contributed by atoms with Gasteiger partial charge >= 0.3 is 0 Å². The summed E-state index contributed by atoms with van der Waals surface area (Å²) in [7, 11) is 0. The van der Waals surface area contributed by atoms with Crippen molar-refractivity contribution in [1.29, 1.82) is 0 Å². The van der Waals surface area contributed by atoms with Crippen LogP contribution in [0.1, 0.15) is 12.0 Å². The van der Waals surface area contributed by atoms with Gasteiger partial charge in [0.25, 0.3) is 0 Å². The van der Waals surface area contributed by atoms with Crippen LogP contribution in [0.25, 0.3) is 0 Å². The number of aryl methyl sites for hydroxylation is 1. The van der Waals surface area contributed by atoms with E-state index in [1.54, 1.807) is 4.90 Å². The first-order valence-corrected chi connectivity index (χ1v) is 7.27. The number of hydrogen-bond acceptors (Lipinski definition) is 5. The van der Waals surface area contributed by atoms with Gasteiger partial charge in [0.1, 0.15) is 0 Å². The van der Waals surface area contributed by atoms with E-state index >= 15 is 0 Å². The van der Waals surface area contributed by atoms with Gasteiger partial charge in [0.2, 0.25) is 12.7 Å². The molecule has 6 heteroatoms. The molecule has 0 aliphatic carbocycles. The molecule has 1 amide bonds. The highest BCUT2D eigenvalue weighted by molar-refractivity contribution is 5.76. The second-order valence-electron chi connectivity index (χ2n) is 5.39. The zero-order valence-corrected chi connectivity index (χ0v) is 11.9. The van der Waals surface area contributed by atoms with Crippen molar-refractivity contribution in [3.8, 4) is 11.5 Å². The third kappa shape index (κ3) is 3.46. The number of nitrogens with one attached hydrogen (secondary N) is 1. The molecule has 0 unspecified atom stereocenters. The SMILES string of the molecule is O=C(CCc1ccc2c(c1)OCO2)N1CCNC[C@H](O)C1. The number of carbonyl (C=O) groups is 1. The maximum atomic E-state index is 12.2. The van der Waals surface area contributed by atoms with Crippen molar-refractivity contribution in [1.82, 2.24) is 10.2 Å². The minimum Gasteiger partial charge on any atom is -0.454 e. The zero-order valence-electron chi connectivity index (χ0n) is 11.9. The first kappa shape index (κ1) is 14.2. The summed E-state index contributed by atoms with van der Waals surface area (Å²) >= 11 is 0. The number of benzene rings is 1. The fourth-order valence-electron chi connectivity index (χ4n) is 2.63. The number of aliphatic hydroxyl groups excluding tert-OH is 1. The van der Waals surface area contributed by atoms with Crippen LogP contribution in [-0.2, 0) is 11.2 Å². The average molecular weight is 292 g/mol. The van der Waals surface area contributed by atoms with Gasteiger partial charge in [-0.3, -0.25) is 4.79 Å². The molecule has 2 N–H and O–H groups in total. The Morgan fingerprint density at radius 3 is 3.14 bits per heavy atom. The van der Waals surface area contributed by atoms with Crippen molar-refractivity contribution in [2.45, 2.75) is 18.9 Å². The summed E-state index contributed by atoms with van der Waals surface area (Å²) in [6, 6.07) is 5.76. The summed E-state index contributed by atoms with van der Waals surface area (Å²) in [4.78, 5) is 14.0. The lowest BCUT2D eigenvalue weighted by Gasteiger charge is -2.21. The standard InChI is InChI=1S/C15H20N2O4/c18-12-8-16-5-6-17(9-12)15(19)4-2-11-1-3-13-14(7-11)21-10-20-13/h1,3,7,12,16,18H,2,4-6,8-10H2/t12-/m0/s1. The van der Waals surface area contributed by atoms with E-state index in [0.29, 0.717) is 32.5 Å². The van der Waals surface area contributed by atoms with E-state index in [0.717, 1.165) is 23.6 Å². The molecule has 1 atom stereocenters. The van der Waals surface area contributed by atoms with Gasteiger partial charge in [-0.1, -0.05) is 6.07 Å². The fourth-order valence-corrected chi connectivity index (χ4v) is 2.63. The summed E-state index contributed by atoms with van der Waals surface area (Å²) in [6.07, 6.45) is 0.615. The number of amides is 1. The lowest BCUT2D eigenvalue weighted by atomic mass is 10.1. The van der Waals surface area contributed by atoms with Crippen molar-refractivity contribution < 1.29 is 19.4 Å². The van der Waals surface area contributed by atoms with Gasteiger partial charge in [-0.2, -0.15) is 0 Å². The Balaban J connectivity index is 1.55. The molecule has 2 heterocycles. The van der Waals surface area contributed by atoms with Crippen LogP contribution in [0.15, 0.2) is 18.2 Å². The third-order valence-corrected chi connectivity index (χ3v) is 3.79. The number of rotatable bonds is 3. The van der Waals surface area contributed by atoms with E-state index in [4.69, 9.17) is 9.47 Å². The van der Waals surface area contributed by atoms with Crippen molar-refractivity contribution in [2.24, 2.45) is 0 Å². The van der Waals surface area contributed by atoms with Crippen LogP contribution in [0.2, 0.25) is 0 Å². The molecule has 3 rings (SSSR count). The largest absolute Gasteiger partial charge is 0.454 e. The number of β-amino-alcohol motifs (C(OH)–C–C–N with tert-alkyl or cyclic N) is 1. The van der Waals surface area contributed by atoms with Crippen LogP contribution < -0.4 is 14.8 Å². The van der Waals surface area contributed by atoms with Gasteiger partial charge in [-0.15, -0.1) is 0 Å². The maximum Gasteiger partial charge on any atom is 0.231 e. The Hall–Kier alpha value is -1.79. The van der Waals surface area contributed by atoms with E-state index in [1.807, 2.05) is 18.2 Å². The predicted octanol–water partition coefficient (Wildman–Crippen LogP) is 0.141. The number of aliphatic hydroxyl groups is 1. The highest BCUT2D eigenvalue weighted by Crippen LogP contribution is 2.32. The quantitative estimate of drug-likeness (QED) is 0.829. The summed E-state index contributed by atoms with van der Waals surface area (Å²) in [5.74, 6) is 1.58. The number of hydrogen-bond donors (Lipinski definition) is 2. The number of nitrogens with zero attached hydrogens (tertiary/aromatic N) is 1. The lowest BCUT2D eigenvalue weighted by molar-refractivity contribution is -0.132. The normalized spacial score (nSPS) is 21.2. The van der Waals surface area contributed by atoms with Gasteiger partial charge in [0.05, 0.1) is 6.10 Å². The van der Waals surface area contributed by atoms with E-state index in [2.05, 4.69) is 5.32 Å². The first-order chi connectivity index (χ1) is 10.2. The Kier molecular flexibility index (Phi) is 4.26. The minimum atomic E-state index is -0.484. The van der Waals surface area contributed by atoms with Crippen LogP contribution in [0.5, 0.6) is 11.5 Å². The topological polar surface area (TPSA) is 71.0 Å². The summed E-state index contributed by atoms with van der Waals surface area (Å²) in [6.45, 7) is 2.60. The second-order valence-corrected chi connectivity index (χ2v) is 5.39. The molecule has 1 aromatic carbocycles. The predicted molar refractivity (Wildman–Crippen MR) is 76.3 cm³/mol. The summed E-state index contributed by atoms with van der Waals surface area (Å²) in [5, 5.41) is 12.8. The molecule has 21 heavy (non-hydrogen) atoms. The molecule has 2 aliphatic heterocycles. The van der Waals surface area contributed by atoms with Gasteiger partial charge in [0.15, 0.2) is 11.5 Å². The van der Waals surface area contributed by atoms with E-state index < -0.39 is 6.10 Å². The molecule has 0 radical (unpaired) electrons. The highest BCUT2D eigenvalue weighted by Gasteiger charge is 2.20. The lowest BCUT2D eigenvalue weighted by Crippen LogP contribution is -2.37. The van der Waals surface area contributed by atoms with E-state index in [9.17, 15) is 9.90 Å². The van der Waals surface area contributed by atoms with Gasteiger partial charge in [0, 0.05) is 32.6 Å². The fraction of sp³-hybridized carbons (Fsp3) is 0.533. The third-order valence-electron chi connectivity index (χ3n) is 3.79. The summed E-state index contributed by atoms with van der Waals surface area (Å²) < 4.78 is 10.6. The molecule has 0 bridgehead atoms. The molecular weight excluding hydrogens is 272 g/mol. The van der Waals surface area contributed by atoms with Crippen LogP contribution in [-0.4, -0.2) is 55.0 Å². The second kappa shape index (κ2) is 6.32.